The minimum Gasteiger partial charge on any atom is -0.478 e. The second-order valence-corrected chi connectivity index (χ2v) is 8.99. The molecule has 2 aliphatic heterocycles. The fourth-order valence-electron chi connectivity index (χ4n) is 5.27. The molecule has 0 bridgehead atoms. The first-order valence-corrected chi connectivity index (χ1v) is 11.9. The van der Waals surface area contributed by atoms with Crippen molar-refractivity contribution in [3.63, 3.8) is 0 Å². The molecular formula is C23H30N4O3S. The average molecular weight is 443 g/mol. The summed E-state index contributed by atoms with van der Waals surface area (Å²) >= 11 is 1.57. The normalized spacial score (nSPS) is 19.0. The summed E-state index contributed by atoms with van der Waals surface area (Å²) in [5.41, 5.74) is 9.03. The van der Waals surface area contributed by atoms with E-state index in [0.717, 1.165) is 40.9 Å². The zero-order valence-corrected chi connectivity index (χ0v) is 18.8. The van der Waals surface area contributed by atoms with Gasteiger partial charge in [0.15, 0.2) is 0 Å². The lowest BCUT2D eigenvalue weighted by atomic mass is 9.90. The highest BCUT2D eigenvalue weighted by atomic mass is 32.2. The summed E-state index contributed by atoms with van der Waals surface area (Å²) in [6, 6.07) is 13.7. The first kappa shape index (κ1) is 22.0. The predicted molar refractivity (Wildman–Crippen MR) is 126 cm³/mol. The molecule has 2 aromatic rings. The van der Waals surface area contributed by atoms with Crippen molar-refractivity contribution in [2.45, 2.75) is 30.8 Å². The second-order valence-electron chi connectivity index (χ2n) is 8.12. The van der Waals surface area contributed by atoms with E-state index in [4.69, 9.17) is 5.73 Å². The highest BCUT2D eigenvalue weighted by Crippen LogP contribution is 2.44. The van der Waals surface area contributed by atoms with E-state index >= 15 is 0 Å². The number of para-hydroxylation sites is 1. The van der Waals surface area contributed by atoms with Crippen LogP contribution in [0.15, 0.2) is 42.5 Å². The second kappa shape index (κ2) is 8.35. The van der Waals surface area contributed by atoms with Gasteiger partial charge in [-0.25, -0.2) is 4.79 Å². The summed E-state index contributed by atoms with van der Waals surface area (Å²) in [5.74, 6) is -0.604. The third-order valence-electron chi connectivity index (χ3n) is 6.79. The van der Waals surface area contributed by atoms with Gasteiger partial charge in [-0.3, -0.25) is 11.1 Å². The van der Waals surface area contributed by atoms with Crippen molar-refractivity contribution in [1.82, 2.24) is 5.32 Å². The third-order valence-corrected chi connectivity index (χ3v) is 7.50. The smallest absolute Gasteiger partial charge is 0.348 e. The number of likely N-dealkylation sites (N-methyl/N-ethyl adjacent to an activating group) is 1. The fraction of sp³-hybridized carbons (Fsp3) is 0.435. The number of fused-ring (bicyclic) bond motifs is 2. The number of benzene rings is 2. The van der Waals surface area contributed by atoms with Gasteiger partial charge in [-0.15, -0.1) is 0 Å². The van der Waals surface area contributed by atoms with E-state index < -0.39 is 17.3 Å². The Morgan fingerprint density at radius 2 is 1.84 bits per heavy atom. The fourth-order valence-corrected chi connectivity index (χ4v) is 6.21. The molecule has 166 valence electrons. The summed E-state index contributed by atoms with van der Waals surface area (Å²) in [7, 11) is 1.79. The molecule has 0 radical (unpaired) electrons. The molecule has 2 heterocycles. The maximum absolute atomic E-state index is 13.0. The number of carbonyl (C=O) groups is 1. The number of anilines is 2. The van der Waals surface area contributed by atoms with Crippen molar-refractivity contribution in [3.05, 3.63) is 59.2 Å². The largest absolute Gasteiger partial charge is 0.478 e. The van der Waals surface area contributed by atoms with Crippen molar-refractivity contribution in [2.75, 3.05) is 41.9 Å². The van der Waals surface area contributed by atoms with Gasteiger partial charge >= 0.3 is 5.97 Å². The Morgan fingerprint density at radius 1 is 1.13 bits per heavy atom. The number of nitrogens with two attached hydrogens (primary N) is 1. The molecule has 4 rings (SSSR count). The van der Waals surface area contributed by atoms with Gasteiger partial charge < -0.3 is 20.0 Å². The number of thioether (sulfide) groups is 1. The molecule has 2 unspecified atom stereocenters. The number of carboxylic acids is 1. The first-order valence-electron chi connectivity index (χ1n) is 10.5. The van der Waals surface area contributed by atoms with Gasteiger partial charge in [0.25, 0.3) is 0 Å². The Balaban J connectivity index is 1.90. The molecule has 0 aromatic heterocycles. The lowest BCUT2D eigenvalue weighted by Gasteiger charge is -2.55. The van der Waals surface area contributed by atoms with E-state index in [1.807, 2.05) is 53.6 Å². The van der Waals surface area contributed by atoms with Crippen LogP contribution in [0.1, 0.15) is 16.7 Å². The Morgan fingerprint density at radius 3 is 2.52 bits per heavy atom. The van der Waals surface area contributed by atoms with Crippen LogP contribution in [-0.4, -0.2) is 59.7 Å². The highest BCUT2D eigenvalue weighted by molar-refractivity contribution is 7.98. The molecule has 31 heavy (non-hydrogen) atoms. The minimum absolute atomic E-state index is 0.0434. The Kier molecular flexibility index (Phi) is 5.91. The molecule has 0 saturated carbocycles. The van der Waals surface area contributed by atoms with E-state index in [2.05, 4.69) is 10.2 Å². The standard InChI is InChI=1S/C23H30N4O3S/c1-25-22(15-31-2,26-13-11-18-17(14-28)7-5-9-20(18)26)23(24,21(29)30)27-12-10-16-6-3-4-8-19(16)27/h3-9,25,28H,10-15,24H2,1-2H3,(H,29,30). The molecule has 2 aromatic carbocycles. The van der Waals surface area contributed by atoms with Crippen LogP contribution in [0.4, 0.5) is 11.4 Å². The number of nitrogens with zero attached hydrogens (tertiary/aromatic N) is 2. The van der Waals surface area contributed by atoms with E-state index in [9.17, 15) is 15.0 Å². The van der Waals surface area contributed by atoms with Crippen LogP contribution in [0, 0.1) is 0 Å². The molecule has 2 atom stereocenters. The number of hydrogen-bond acceptors (Lipinski definition) is 7. The van der Waals surface area contributed by atoms with Gasteiger partial charge in [-0.05, 0) is 55.0 Å². The molecule has 7 nitrogen and oxygen atoms in total. The van der Waals surface area contributed by atoms with Gasteiger partial charge in [0.1, 0.15) is 5.66 Å². The highest BCUT2D eigenvalue weighted by Gasteiger charge is 2.62. The Labute approximate surface area is 187 Å². The van der Waals surface area contributed by atoms with Crippen LogP contribution in [0.2, 0.25) is 0 Å². The number of carboxylic acid groups (broad SMARTS) is 1. The predicted octanol–water partition coefficient (Wildman–Crippen LogP) is 1.62. The van der Waals surface area contributed by atoms with E-state index in [0.29, 0.717) is 18.8 Å². The minimum atomic E-state index is -1.73. The quantitative estimate of drug-likeness (QED) is 0.489. The summed E-state index contributed by atoms with van der Waals surface area (Å²) in [6.45, 7) is 1.12. The van der Waals surface area contributed by atoms with Gasteiger partial charge in [0.2, 0.25) is 5.66 Å². The van der Waals surface area contributed by atoms with Crippen LogP contribution in [0.25, 0.3) is 0 Å². The SMILES string of the molecule is CNC(CSC)(N1CCc2c(CO)cccc21)C(N)(C(=O)O)N1CCc2ccccc21. The summed E-state index contributed by atoms with van der Waals surface area (Å²) in [5, 5.41) is 23.8. The van der Waals surface area contributed by atoms with Crippen LogP contribution >= 0.6 is 11.8 Å². The number of rotatable bonds is 8. The molecule has 0 amide bonds. The van der Waals surface area contributed by atoms with Crippen molar-refractivity contribution < 1.29 is 15.0 Å². The van der Waals surface area contributed by atoms with Gasteiger partial charge in [0.05, 0.1) is 6.61 Å². The van der Waals surface area contributed by atoms with Gasteiger partial charge in [0, 0.05) is 30.2 Å². The lowest BCUT2D eigenvalue weighted by molar-refractivity contribution is -0.146. The lowest BCUT2D eigenvalue weighted by Crippen LogP contribution is -2.84. The number of aliphatic hydroxyl groups excluding tert-OH is 1. The van der Waals surface area contributed by atoms with Crippen molar-refractivity contribution >= 4 is 29.1 Å². The van der Waals surface area contributed by atoms with E-state index in [1.54, 1.807) is 18.8 Å². The molecule has 0 fully saturated rings. The third kappa shape index (κ3) is 3.12. The van der Waals surface area contributed by atoms with Gasteiger partial charge in [-0.2, -0.15) is 11.8 Å². The summed E-state index contributed by atoms with van der Waals surface area (Å²) in [4.78, 5) is 17.0. The topological polar surface area (TPSA) is 102 Å². The van der Waals surface area contributed by atoms with Crippen molar-refractivity contribution in [1.29, 1.82) is 0 Å². The average Bonchev–Trinajstić information content (AvgIpc) is 3.41. The molecule has 2 aliphatic rings. The first-order chi connectivity index (χ1) is 14.9. The van der Waals surface area contributed by atoms with Crippen molar-refractivity contribution in [3.8, 4) is 0 Å². The van der Waals surface area contributed by atoms with Gasteiger partial charge in [-0.1, -0.05) is 30.3 Å². The van der Waals surface area contributed by atoms with E-state index in [1.165, 1.54) is 0 Å². The summed E-state index contributed by atoms with van der Waals surface area (Å²) < 4.78 is 0. The zero-order chi connectivity index (χ0) is 22.2. The Bertz CT molecular complexity index is 987. The van der Waals surface area contributed by atoms with E-state index in [-0.39, 0.29) is 6.61 Å². The number of hydrogen-bond donors (Lipinski definition) is 4. The maximum atomic E-state index is 13.0. The maximum Gasteiger partial charge on any atom is 0.348 e. The monoisotopic (exact) mass is 442 g/mol. The number of aliphatic hydroxyl groups is 1. The molecular weight excluding hydrogens is 412 g/mol. The van der Waals surface area contributed by atoms with Crippen LogP contribution < -0.4 is 20.9 Å². The van der Waals surface area contributed by atoms with Crippen LogP contribution in [0.5, 0.6) is 0 Å². The molecule has 0 spiro atoms. The van der Waals surface area contributed by atoms with Crippen molar-refractivity contribution in [2.24, 2.45) is 5.73 Å². The number of aliphatic carboxylic acids is 1. The van der Waals surface area contributed by atoms with Crippen LogP contribution in [0.3, 0.4) is 0 Å². The van der Waals surface area contributed by atoms with Crippen LogP contribution in [-0.2, 0) is 24.2 Å². The molecule has 0 aliphatic carbocycles. The Hall–Kier alpha value is -2.26. The molecule has 8 heteroatoms. The molecule has 5 N–H and O–H groups in total. The number of nitrogens with one attached hydrogen (secondary N) is 1. The zero-order valence-electron chi connectivity index (χ0n) is 18.0. The molecule has 0 saturated heterocycles. The summed E-state index contributed by atoms with van der Waals surface area (Å²) in [6.07, 6.45) is 3.45.